The van der Waals surface area contributed by atoms with E-state index >= 15 is 0 Å². The summed E-state index contributed by atoms with van der Waals surface area (Å²) in [5.74, 6) is 1.15. The number of nitrogens with one attached hydrogen (secondary N) is 1. The summed E-state index contributed by atoms with van der Waals surface area (Å²) in [6, 6.07) is 14.2. The number of nitrogens with two attached hydrogens (primary N) is 1. The number of benzene rings is 2. The van der Waals surface area contributed by atoms with Crippen molar-refractivity contribution < 1.29 is 9.47 Å². The van der Waals surface area contributed by atoms with Crippen LogP contribution in [0, 0.1) is 0 Å². The van der Waals surface area contributed by atoms with Crippen LogP contribution in [-0.2, 0) is 17.9 Å². The molecule has 4 aromatic rings. The van der Waals surface area contributed by atoms with Crippen LogP contribution in [-0.4, -0.2) is 66.4 Å². The van der Waals surface area contributed by atoms with Gasteiger partial charge in [-0.1, -0.05) is 32.0 Å². The summed E-state index contributed by atoms with van der Waals surface area (Å²) in [5, 5.41) is 4.50. The van der Waals surface area contributed by atoms with Crippen LogP contribution in [0.25, 0.3) is 22.2 Å². The van der Waals surface area contributed by atoms with Crippen LogP contribution in [0.15, 0.2) is 48.7 Å². The molecule has 2 aromatic carbocycles. The van der Waals surface area contributed by atoms with E-state index in [4.69, 9.17) is 20.2 Å². The van der Waals surface area contributed by atoms with Crippen molar-refractivity contribution in [1.29, 1.82) is 0 Å². The summed E-state index contributed by atoms with van der Waals surface area (Å²) in [7, 11) is 3.72. The maximum Gasteiger partial charge on any atom is 0.227 e. The van der Waals surface area contributed by atoms with Gasteiger partial charge in [-0.25, -0.2) is 9.97 Å². The van der Waals surface area contributed by atoms with E-state index in [0.29, 0.717) is 30.6 Å². The van der Waals surface area contributed by atoms with Crippen molar-refractivity contribution in [3.63, 3.8) is 0 Å². The number of nitrogens with zero attached hydrogens (tertiary/aromatic N) is 5. The van der Waals surface area contributed by atoms with Crippen LogP contribution in [0.4, 0.5) is 23.0 Å². The van der Waals surface area contributed by atoms with Crippen molar-refractivity contribution in [3.8, 4) is 17.0 Å². The molecule has 0 bridgehead atoms. The molecule has 3 N–H and O–H groups in total. The van der Waals surface area contributed by atoms with E-state index in [2.05, 4.69) is 69.8 Å². The van der Waals surface area contributed by atoms with Crippen LogP contribution >= 0.6 is 0 Å². The van der Waals surface area contributed by atoms with E-state index in [-0.39, 0.29) is 0 Å². The third kappa shape index (κ3) is 4.99. The van der Waals surface area contributed by atoms with Gasteiger partial charge in [0.1, 0.15) is 5.75 Å². The van der Waals surface area contributed by atoms with E-state index in [0.717, 1.165) is 66.4 Å². The summed E-state index contributed by atoms with van der Waals surface area (Å²) in [4.78, 5) is 13.9. The second kappa shape index (κ2) is 11.3. The minimum absolute atomic E-state index is 0.476. The van der Waals surface area contributed by atoms with Gasteiger partial charge in [-0.15, -0.1) is 0 Å². The molecule has 9 nitrogen and oxygen atoms in total. The third-order valence-corrected chi connectivity index (χ3v) is 7.34. The highest BCUT2D eigenvalue weighted by molar-refractivity contribution is 5.97. The predicted octanol–water partition coefficient (Wildman–Crippen LogP) is 4.74. The number of anilines is 4. The molecule has 0 unspecified atom stereocenters. The van der Waals surface area contributed by atoms with Crippen LogP contribution in [0.1, 0.15) is 19.5 Å². The Morgan fingerprint density at radius 1 is 1.13 bits per heavy atom. The van der Waals surface area contributed by atoms with E-state index < -0.39 is 0 Å². The molecule has 0 saturated carbocycles. The lowest BCUT2D eigenvalue weighted by Crippen LogP contribution is -2.33. The Hall–Kier alpha value is -3.82. The number of fused-ring (bicyclic) bond motifs is 3. The van der Waals surface area contributed by atoms with Crippen LogP contribution in [0.5, 0.6) is 5.75 Å². The molecular formula is C29H37N7O2. The Morgan fingerprint density at radius 3 is 2.74 bits per heavy atom. The molecule has 0 atom stereocenters. The molecule has 0 fully saturated rings. The first-order valence-electron chi connectivity index (χ1n) is 13.2. The fourth-order valence-electron chi connectivity index (χ4n) is 5.19. The van der Waals surface area contributed by atoms with E-state index in [1.165, 1.54) is 5.52 Å². The second-order valence-electron chi connectivity index (χ2n) is 9.49. The van der Waals surface area contributed by atoms with Gasteiger partial charge in [0.2, 0.25) is 5.95 Å². The molecule has 1 aliphatic heterocycles. The number of rotatable bonds is 10. The number of nitrogen functional groups attached to an aromatic ring is 1. The molecule has 2 aromatic heterocycles. The average Bonchev–Trinajstić information content (AvgIpc) is 3.28. The lowest BCUT2D eigenvalue weighted by molar-refractivity contribution is 0.0869. The SMILES string of the molecule is CCN(CC)CCN(C)c1cc(OC)c(Nc2nccc(-c3c4n(c5ccccc35)CCOC4)n2)cc1N. The average molecular weight is 516 g/mol. The van der Waals surface area contributed by atoms with E-state index in [1.807, 2.05) is 18.2 Å². The van der Waals surface area contributed by atoms with Gasteiger partial charge in [-0.2, -0.15) is 0 Å². The van der Waals surface area contributed by atoms with Gasteiger partial charge in [-0.05, 0) is 31.3 Å². The Balaban J connectivity index is 1.44. The molecule has 5 rings (SSSR count). The van der Waals surface area contributed by atoms with Gasteiger partial charge in [0.05, 0.1) is 48.8 Å². The number of methoxy groups -OCH3 is 1. The smallest absolute Gasteiger partial charge is 0.227 e. The topological polar surface area (TPSA) is 93.7 Å². The maximum atomic E-state index is 6.51. The van der Waals surface area contributed by atoms with Crippen molar-refractivity contribution in [1.82, 2.24) is 19.4 Å². The first-order valence-corrected chi connectivity index (χ1v) is 13.2. The molecule has 0 aliphatic carbocycles. The number of para-hydroxylation sites is 1. The summed E-state index contributed by atoms with van der Waals surface area (Å²) >= 11 is 0. The highest BCUT2D eigenvalue weighted by Gasteiger charge is 2.22. The first-order chi connectivity index (χ1) is 18.5. The Kier molecular flexibility index (Phi) is 7.67. The molecule has 0 radical (unpaired) electrons. The monoisotopic (exact) mass is 515 g/mol. The quantitative estimate of drug-likeness (QED) is 0.293. The lowest BCUT2D eigenvalue weighted by Gasteiger charge is -2.26. The third-order valence-electron chi connectivity index (χ3n) is 7.34. The maximum absolute atomic E-state index is 6.51. The summed E-state index contributed by atoms with van der Waals surface area (Å²) in [6.45, 7) is 10.4. The summed E-state index contributed by atoms with van der Waals surface area (Å²) < 4.78 is 13.9. The Labute approximate surface area is 224 Å². The molecular weight excluding hydrogens is 478 g/mol. The van der Waals surface area contributed by atoms with E-state index in [9.17, 15) is 0 Å². The van der Waals surface area contributed by atoms with Crippen molar-refractivity contribution in [2.45, 2.75) is 27.0 Å². The fraction of sp³-hybridized carbons (Fsp3) is 0.379. The molecule has 0 spiro atoms. The van der Waals surface area contributed by atoms with Crippen molar-refractivity contribution >= 4 is 33.9 Å². The molecule has 0 amide bonds. The van der Waals surface area contributed by atoms with Gasteiger partial charge in [0.15, 0.2) is 0 Å². The molecule has 0 saturated heterocycles. The number of likely N-dealkylation sites (N-methyl/N-ethyl adjacent to an activating group) is 2. The van der Waals surface area contributed by atoms with Gasteiger partial charge < -0.3 is 34.9 Å². The zero-order valence-corrected chi connectivity index (χ0v) is 22.7. The van der Waals surface area contributed by atoms with Crippen LogP contribution < -0.4 is 20.7 Å². The largest absolute Gasteiger partial charge is 0.494 e. The lowest BCUT2D eigenvalue weighted by atomic mass is 10.1. The highest BCUT2D eigenvalue weighted by Crippen LogP contribution is 2.38. The minimum atomic E-state index is 0.476. The zero-order chi connectivity index (χ0) is 26.6. The highest BCUT2D eigenvalue weighted by atomic mass is 16.5. The molecule has 38 heavy (non-hydrogen) atoms. The number of ether oxygens (including phenoxy) is 2. The van der Waals surface area contributed by atoms with Crippen molar-refractivity contribution in [2.24, 2.45) is 0 Å². The van der Waals surface area contributed by atoms with Crippen LogP contribution in [0.3, 0.4) is 0 Å². The molecule has 3 heterocycles. The fourth-order valence-corrected chi connectivity index (χ4v) is 5.19. The van der Waals surface area contributed by atoms with Crippen molar-refractivity contribution in [3.05, 3.63) is 54.4 Å². The second-order valence-corrected chi connectivity index (χ2v) is 9.49. The van der Waals surface area contributed by atoms with Crippen LogP contribution in [0.2, 0.25) is 0 Å². The molecule has 1 aliphatic rings. The molecule has 9 heteroatoms. The van der Waals surface area contributed by atoms with Gasteiger partial charge in [0.25, 0.3) is 0 Å². The van der Waals surface area contributed by atoms with Gasteiger partial charge in [-0.3, -0.25) is 0 Å². The normalized spacial score (nSPS) is 13.1. The van der Waals surface area contributed by atoms with Crippen molar-refractivity contribution in [2.75, 3.05) is 62.9 Å². The minimum Gasteiger partial charge on any atom is -0.494 e. The first kappa shape index (κ1) is 25.8. The summed E-state index contributed by atoms with van der Waals surface area (Å²) in [6.07, 6.45) is 1.78. The number of hydrogen-bond acceptors (Lipinski definition) is 8. The van der Waals surface area contributed by atoms with Gasteiger partial charge in [0, 0.05) is 55.4 Å². The Morgan fingerprint density at radius 2 is 1.95 bits per heavy atom. The van der Waals surface area contributed by atoms with Gasteiger partial charge >= 0.3 is 0 Å². The molecule has 200 valence electrons. The summed E-state index contributed by atoms with van der Waals surface area (Å²) in [5.41, 5.74) is 13.1. The van der Waals surface area contributed by atoms with E-state index in [1.54, 1.807) is 13.3 Å². The predicted molar refractivity (Wildman–Crippen MR) is 154 cm³/mol. The Bertz CT molecular complexity index is 1410. The standard InChI is InChI=1S/C29H37N7O2/c1-5-35(6-2)14-13-34(3)25-18-27(37-4)23(17-21(25)30)33-29-31-12-11-22(32-29)28-20-9-7-8-10-24(20)36-15-16-38-19-26(28)36/h7-12,17-18H,5-6,13-16,19,30H2,1-4H3,(H,31,32,33). The number of hydrogen-bond donors (Lipinski definition) is 2. The number of aromatic nitrogens is 3. The zero-order valence-electron chi connectivity index (χ0n) is 22.7.